The van der Waals surface area contributed by atoms with E-state index < -0.39 is 23.7 Å². The quantitative estimate of drug-likeness (QED) is 0.524. The van der Waals surface area contributed by atoms with Crippen molar-refractivity contribution in [3.05, 3.63) is 0 Å². The highest BCUT2D eigenvalue weighted by Gasteiger charge is 2.42. The third-order valence-corrected chi connectivity index (χ3v) is 3.20. The molecule has 2 atom stereocenters. The molecule has 5 nitrogen and oxygen atoms in total. The first-order valence-electron chi connectivity index (χ1n) is 5.33. The second-order valence-electron chi connectivity index (χ2n) is 4.32. The fourth-order valence-electron chi connectivity index (χ4n) is 2.14. The Bertz CT molecular complexity index is 221. The van der Waals surface area contributed by atoms with E-state index in [9.17, 15) is 15.0 Å². The SMILES string of the molecule is NC1(CCCC(=O)O)C(O)CCCC1O. The predicted molar refractivity (Wildman–Crippen MR) is 54.3 cm³/mol. The number of nitrogens with two attached hydrogens (primary N) is 1. The minimum absolute atomic E-state index is 0.0262. The molecule has 0 saturated heterocycles. The molecule has 0 heterocycles. The number of aliphatic hydroxyl groups excluding tert-OH is 2. The Hall–Kier alpha value is -0.650. The van der Waals surface area contributed by atoms with Gasteiger partial charge in [0.1, 0.15) is 0 Å². The molecule has 15 heavy (non-hydrogen) atoms. The van der Waals surface area contributed by atoms with Crippen LogP contribution in [0.5, 0.6) is 0 Å². The molecule has 1 rings (SSSR count). The van der Waals surface area contributed by atoms with Crippen molar-refractivity contribution in [3.8, 4) is 0 Å². The van der Waals surface area contributed by atoms with Gasteiger partial charge in [-0.25, -0.2) is 0 Å². The summed E-state index contributed by atoms with van der Waals surface area (Å²) in [5.41, 5.74) is 4.92. The molecule has 1 aliphatic rings. The lowest BCUT2D eigenvalue weighted by Crippen LogP contribution is -2.61. The largest absolute Gasteiger partial charge is 0.481 e. The second-order valence-corrected chi connectivity index (χ2v) is 4.32. The zero-order chi connectivity index (χ0) is 11.5. The zero-order valence-electron chi connectivity index (χ0n) is 8.72. The predicted octanol–water partition coefficient (Wildman–Crippen LogP) is -0.156. The monoisotopic (exact) mass is 217 g/mol. The van der Waals surface area contributed by atoms with Crippen LogP contribution in [0.1, 0.15) is 38.5 Å². The lowest BCUT2D eigenvalue weighted by atomic mass is 9.74. The van der Waals surface area contributed by atoms with Gasteiger partial charge in [-0.1, -0.05) is 0 Å². The molecule has 1 fully saturated rings. The molecule has 5 heteroatoms. The summed E-state index contributed by atoms with van der Waals surface area (Å²) < 4.78 is 0. The van der Waals surface area contributed by atoms with Crippen molar-refractivity contribution in [2.75, 3.05) is 0 Å². The Kier molecular flexibility index (Phi) is 4.07. The molecule has 0 amide bonds. The van der Waals surface area contributed by atoms with Gasteiger partial charge in [0.25, 0.3) is 0 Å². The molecule has 0 aromatic carbocycles. The van der Waals surface area contributed by atoms with Crippen molar-refractivity contribution in [2.45, 2.75) is 56.3 Å². The van der Waals surface area contributed by atoms with Crippen LogP contribution >= 0.6 is 0 Å². The van der Waals surface area contributed by atoms with E-state index in [2.05, 4.69) is 0 Å². The lowest BCUT2D eigenvalue weighted by Gasteiger charge is -2.42. The van der Waals surface area contributed by atoms with Crippen LogP contribution in [0.4, 0.5) is 0 Å². The van der Waals surface area contributed by atoms with E-state index in [1.807, 2.05) is 0 Å². The highest BCUT2D eigenvalue weighted by Crippen LogP contribution is 2.31. The van der Waals surface area contributed by atoms with Gasteiger partial charge in [-0.05, 0) is 32.1 Å². The Morgan fingerprint density at radius 3 is 2.33 bits per heavy atom. The van der Waals surface area contributed by atoms with E-state index in [-0.39, 0.29) is 6.42 Å². The van der Waals surface area contributed by atoms with Crippen LogP contribution in [0.3, 0.4) is 0 Å². The van der Waals surface area contributed by atoms with Crippen molar-refractivity contribution >= 4 is 5.97 Å². The Morgan fingerprint density at radius 1 is 1.33 bits per heavy atom. The molecule has 5 N–H and O–H groups in total. The van der Waals surface area contributed by atoms with Crippen molar-refractivity contribution in [1.82, 2.24) is 0 Å². The number of rotatable bonds is 4. The third-order valence-electron chi connectivity index (χ3n) is 3.20. The van der Waals surface area contributed by atoms with Crippen molar-refractivity contribution in [1.29, 1.82) is 0 Å². The third kappa shape index (κ3) is 2.90. The minimum atomic E-state index is -1.02. The molecular formula is C10H19NO4. The normalized spacial score (nSPS) is 36.5. The van der Waals surface area contributed by atoms with Crippen LogP contribution in [-0.2, 0) is 4.79 Å². The molecule has 0 aromatic rings. The molecular weight excluding hydrogens is 198 g/mol. The molecule has 0 aromatic heterocycles. The zero-order valence-corrected chi connectivity index (χ0v) is 8.72. The fraction of sp³-hybridized carbons (Fsp3) is 0.900. The van der Waals surface area contributed by atoms with Gasteiger partial charge in [-0.2, -0.15) is 0 Å². The second kappa shape index (κ2) is 4.92. The van der Waals surface area contributed by atoms with Crippen LogP contribution < -0.4 is 5.73 Å². The van der Waals surface area contributed by atoms with Crippen molar-refractivity contribution < 1.29 is 20.1 Å². The van der Waals surface area contributed by atoms with Gasteiger partial charge < -0.3 is 21.1 Å². The first-order valence-corrected chi connectivity index (χ1v) is 5.33. The van der Waals surface area contributed by atoms with Crippen LogP contribution in [0.25, 0.3) is 0 Å². The molecule has 2 unspecified atom stereocenters. The van der Waals surface area contributed by atoms with Gasteiger partial charge in [0.15, 0.2) is 0 Å². The Morgan fingerprint density at radius 2 is 1.87 bits per heavy atom. The number of aliphatic carboxylic acids is 1. The summed E-state index contributed by atoms with van der Waals surface area (Å²) in [5, 5.41) is 28.0. The molecule has 0 bridgehead atoms. The van der Waals surface area contributed by atoms with Crippen molar-refractivity contribution in [2.24, 2.45) is 5.73 Å². The number of aliphatic hydroxyl groups is 2. The van der Waals surface area contributed by atoms with E-state index in [0.29, 0.717) is 25.7 Å². The molecule has 88 valence electrons. The first-order chi connectivity index (χ1) is 6.97. The number of hydrogen-bond donors (Lipinski definition) is 4. The number of carbonyl (C=O) groups is 1. The van der Waals surface area contributed by atoms with E-state index in [1.54, 1.807) is 0 Å². The Labute approximate surface area is 88.9 Å². The van der Waals surface area contributed by atoms with Crippen LogP contribution in [0, 0.1) is 0 Å². The highest BCUT2D eigenvalue weighted by atomic mass is 16.4. The molecule has 0 spiro atoms. The van der Waals surface area contributed by atoms with Crippen molar-refractivity contribution in [3.63, 3.8) is 0 Å². The van der Waals surface area contributed by atoms with E-state index in [4.69, 9.17) is 10.8 Å². The van der Waals surface area contributed by atoms with E-state index in [1.165, 1.54) is 0 Å². The van der Waals surface area contributed by atoms with Gasteiger partial charge in [-0.3, -0.25) is 4.79 Å². The summed E-state index contributed by atoms with van der Waals surface area (Å²) in [5.74, 6) is -0.876. The average molecular weight is 217 g/mol. The molecule has 1 aliphatic carbocycles. The number of carboxylic acids is 1. The standard InChI is InChI=1S/C10H19NO4/c11-10(6-2-5-9(14)15)7(12)3-1-4-8(10)13/h7-8,12-13H,1-6,11H2,(H,14,15). The maximum atomic E-state index is 10.3. The Balaban J connectivity index is 2.50. The lowest BCUT2D eigenvalue weighted by molar-refractivity contribution is -0.137. The molecule has 0 radical (unpaired) electrons. The van der Waals surface area contributed by atoms with Gasteiger partial charge in [-0.15, -0.1) is 0 Å². The number of hydrogen-bond acceptors (Lipinski definition) is 4. The first kappa shape index (κ1) is 12.4. The maximum absolute atomic E-state index is 10.3. The summed E-state index contributed by atoms with van der Waals surface area (Å²) in [4.78, 5) is 10.3. The van der Waals surface area contributed by atoms with E-state index >= 15 is 0 Å². The van der Waals surface area contributed by atoms with Gasteiger partial charge in [0, 0.05) is 6.42 Å². The summed E-state index contributed by atoms with van der Waals surface area (Å²) >= 11 is 0. The van der Waals surface area contributed by atoms with Gasteiger partial charge in [0.2, 0.25) is 0 Å². The summed E-state index contributed by atoms with van der Waals surface area (Å²) in [7, 11) is 0. The number of carboxylic acid groups (broad SMARTS) is 1. The van der Waals surface area contributed by atoms with Gasteiger partial charge >= 0.3 is 5.97 Å². The van der Waals surface area contributed by atoms with Gasteiger partial charge in [0.05, 0.1) is 17.7 Å². The van der Waals surface area contributed by atoms with Crippen LogP contribution in [0.2, 0.25) is 0 Å². The van der Waals surface area contributed by atoms with Crippen LogP contribution in [-0.4, -0.2) is 39.0 Å². The summed E-state index contributed by atoms with van der Waals surface area (Å²) in [6.07, 6.45) is 1.24. The summed E-state index contributed by atoms with van der Waals surface area (Å²) in [6.45, 7) is 0. The minimum Gasteiger partial charge on any atom is -0.481 e. The molecule has 1 saturated carbocycles. The average Bonchev–Trinajstić information content (AvgIpc) is 2.14. The highest BCUT2D eigenvalue weighted by molar-refractivity contribution is 5.66. The fourth-order valence-corrected chi connectivity index (χ4v) is 2.14. The molecule has 0 aliphatic heterocycles. The maximum Gasteiger partial charge on any atom is 0.303 e. The summed E-state index contributed by atoms with van der Waals surface area (Å²) in [6, 6.07) is 0. The van der Waals surface area contributed by atoms with Crippen LogP contribution in [0.15, 0.2) is 0 Å². The topological polar surface area (TPSA) is 104 Å². The smallest absolute Gasteiger partial charge is 0.303 e. The van der Waals surface area contributed by atoms with E-state index in [0.717, 1.165) is 6.42 Å².